The summed E-state index contributed by atoms with van der Waals surface area (Å²) in [6.07, 6.45) is 1.76. The molecule has 0 aliphatic carbocycles. The Kier molecular flexibility index (Phi) is 4.12. The van der Waals surface area contributed by atoms with E-state index in [4.69, 9.17) is 10.5 Å². The molecule has 0 fully saturated rings. The SMILES string of the molecule is NCc1cccc(OCc2ccc(Br)cn2)c1. The summed E-state index contributed by atoms with van der Waals surface area (Å²) in [5, 5.41) is 0. The number of aromatic nitrogens is 1. The van der Waals surface area contributed by atoms with Crippen molar-refractivity contribution in [3.63, 3.8) is 0 Å². The van der Waals surface area contributed by atoms with Gasteiger partial charge in [0.1, 0.15) is 12.4 Å². The monoisotopic (exact) mass is 292 g/mol. The zero-order chi connectivity index (χ0) is 12.1. The van der Waals surface area contributed by atoms with Gasteiger partial charge >= 0.3 is 0 Å². The van der Waals surface area contributed by atoms with Gasteiger partial charge in [0, 0.05) is 17.2 Å². The molecule has 0 aliphatic rings. The third kappa shape index (κ3) is 3.54. The summed E-state index contributed by atoms with van der Waals surface area (Å²) in [6.45, 7) is 0.981. The van der Waals surface area contributed by atoms with E-state index >= 15 is 0 Å². The van der Waals surface area contributed by atoms with Crippen molar-refractivity contribution in [2.75, 3.05) is 0 Å². The maximum Gasteiger partial charge on any atom is 0.130 e. The second-order valence-electron chi connectivity index (χ2n) is 3.61. The Hall–Kier alpha value is -1.39. The first kappa shape index (κ1) is 12.1. The predicted octanol–water partition coefficient (Wildman–Crippen LogP) is 2.88. The molecule has 17 heavy (non-hydrogen) atoms. The molecule has 88 valence electrons. The molecule has 4 heteroatoms. The van der Waals surface area contributed by atoms with Crippen molar-refractivity contribution in [3.05, 3.63) is 58.3 Å². The number of hydrogen-bond donors (Lipinski definition) is 1. The molecular weight excluding hydrogens is 280 g/mol. The molecule has 0 radical (unpaired) electrons. The van der Waals surface area contributed by atoms with Crippen LogP contribution < -0.4 is 10.5 Å². The summed E-state index contributed by atoms with van der Waals surface area (Å²) in [5.74, 6) is 0.817. The maximum absolute atomic E-state index is 5.64. The Morgan fingerprint density at radius 2 is 2.12 bits per heavy atom. The third-order valence-electron chi connectivity index (χ3n) is 2.31. The number of benzene rings is 1. The Balaban J connectivity index is 1.99. The van der Waals surface area contributed by atoms with Crippen LogP contribution in [0.4, 0.5) is 0 Å². The lowest BCUT2D eigenvalue weighted by atomic mass is 10.2. The van der Waals surface area contributed by atoms with Gasteiger partial charge in [0.25, 0.3) is 0 Å². The van der Waals surface area contributed by atoms with Crippen LogP contribution in [0, 0.1) is 0 Å². The van der Waals surface area contributed by atoms with Crippen molar-refractivity contribution in [2.45, 2.75) is 13.2 Å². The van der Waals surface area contributed by atoms with E-state index in [0.29, 0.717) is 13.2 Å². The third-order valence-corrected chi connectivity index (χ3v) is 2.78. The summed E-state index contributed by atoms with van der Waals surface area (Å²) in [5.41, 5.74) is 7.53. The van der Waals surface area contributed by atoms with E-state index < -0.39 is 0 Å². The lowest BCUT2D eigenvalue weighted by Crippen LogP contribution is -2.00. The van der Waals surface area contributed by atoms with Gasteiger partial charge in [-0.25, -0.2) is 0 Å². The number of ether oxygens (including phenoxy) is 1. The molecule has 0 saturated carbocycles. The van der Waals surface area contributed by atoms with Gasteiger partial charge in [-0.05, 0) is 45.8 Å². The van der Waals surface area contributed by atoms with Gasteiger partial charge in [0.15, 0.2) is 0 Å². The average Bonchev–Trinajstić information content (AvgIpc) is 2.38. The van der Waals surface area contributed by atoms with Crippen molar-refractivity contribution >= 4 is 15.9 Å². The van der Waals surface area contributed by atoms with Gasteiger partial charge in [0.05, 0.1) is 5.69 Å². The minimum Gasteiger partial charge on any atom is -0.487 e. The number of pyridine rings is 1. The molecular formula is C13H13BrN2O. The van der Waals surface area contributed by atoms with Crippen molar-refractivity contribution in [2.24, 2.45) is 5.73 Å². The molecule has 0 amide bonds. The summed E-state index contributed by atoms with van der Waals surface area (Å²) in [7, 11) is 0. The van der Waals surface area contributed by atoms with Gasteiger partial charge in [0.2, 0.25) is 0 Å². The van der Waals surface area contributed by atoms with Crippen LogP contribution in [0.3, 0.4) is 0 Å². The van der Waals surface area contributed by atoms with Crippen LogP contribution in [0.2, 0.25) is 0 Å². The van der Waals surface area contributed by atoms with Crippen LogP contribution >= 0.6 is 15.9 Å². The first-order chi connectivity index (χ1) is 8.28. The fourth-order valence-electron chi connectivity index (χ4n) is 1.41. The molecule has 0 bridgehead atoms. The summed E-state index contributed by atoms with van der Waals surface area (Å²) >= 11 is 3.34. The van der Waals surface area contributed by atoms with E-state index in [-0.39, 0.29) is 0 Å². The molecule has 0 spiro atoms. The zero-order valence-corrected chi connectivity index (χ0v) is 10.9. The van der Waals surface area contributed by atoms with Gasteiger partial charge < -0.3 is 10.5 Å². The number of hydrogen-bond acceptors (Lipinski definition) is 3. The molecule has 0 atom stereocenters. The molecule has 0 unspecified atom stereocenters. The van der Waals surface area contributed by atoms with Crippen LogP contribution in [0.1, 0.15) is 11.3 Å². The van der Waals surface area contributed by atoms with E-state index in [1.54, 1.807) is 6.20 Å². The molecule has 2 aromatic rings. The largest absolute Gasteiger partial charge is 0.487 e. The summed E-state index contributed by atoms with van der Waals surface area (Å²) < 4.78 is 6.61. The topological polar surface area (TPSA) is 48.1 Å². The van der Waals surface area contributed by atoms with E-state index in [9.17, 15) is 0 Å². The quantitative estimate of drug-likeness (QED) is 0.943. The lowest BCUT2D eigenvalue weighted by Gasteiger charge is -2.07. The minimum absolute atomic E-state index is 0.460. The smallest absolute Gasteiger partial charge is 0.130 e. The lowest BCUT2D eigenvalue weighted by molar-refractivity contribution is 0.301. The highest BCUT2D eigenvalue weighted by Gasteiger charge is 1.98. The molecule has 3 nitrogen and oxygen atoms in total. The average molecular weight is 293 g/mol. The van der Waals surface area contributed by atoms with Crippen LogP contribution in [-0.4, -0.2) is 4.98 Å². The molecule has 1 aromatic carbocycles. The van der Waals surface area contributed by atoms with E-state index in [0.717, 1.165) is 21.5 Å². The molecule has 0 aliphatic heterocycles. The second kappa shape index (κ2) is 5.80. The van der Waals surface area contributed by atoms with Crippen LogP contribution in [0.15, 0.2) is 47.1 Å². The molecule has 2 rings (SSSR count). The van der Waals surface area contributed by atoms with E-state index in [1.165, 1.54) is 0 Å². The van der Waals surface area contributed by atoms with Gasteiger partial charge in [-0.2, -0.15) is 0 Å². The molecule has 2 N–H and O–H groups in total. The van der Waals surface area contributed by atoms with Crippen LogP contribution in [0.5, 0.6) is 5.75 Å². The number of nitrogens with two attached hydrogens (primary N) is 1. The number of rotatable bonds is 4. The highest BCUT2D eigenvalue weighted by atomic mass is 79.9. The van der Waals surface area contributed by atoms with Crippen LogP contribution in [0.25, 0.3) is 0 Å². The Morgan fingerprint density at radius 3 is 2.82 bits per heavy atom. The highest BCUT2D eigenvalue weighted by Crippen LogP contribution is 2.15. The highest BCUT2D eigenvalue weighted by molar-refractivity contribution is 9.10. The second-order valence-corrected chi connectivity index (χ2v) is 4.52. The van der Waals surface area contributed by atoms with E-state index in [2.05, 4.69) is 20.9 Å². The molecule has 1 aromatic heterocycles. The minimum atomic E-state index is 0.460. The Morgan fingerprint density at radius 1 is 1.24 bits per heavy atom. The first-order valence-corrected chi connectivity index (χ1v) is 6.09. The van der Waals surface area contributed by atoms with Crippen molar-refractivity contribution < 1.29 is 4.74 Å². The Labute approximate surface area is 109 Å². The fourth-order valence-corrected chi connectivity index (χ4v) is 1.65. The van der Waals surface area contributed by atoms with Crippen LogP contribution in [-0.2, 0) is 13.2 Å². The maximum atomic E-state index is 5.64. The van der Waals surface area contributed by atoms with Gasteiger partial charge in [-0.1, -0.05) is 12.1 Å². The normalized spacial score (nSPS) is 10.2. The van der Waals surface area contributed by atoms with Crippen molar-refractivity contribution in [1.29, 1.82) is 0 Å². The number of nitrogens with zero attached hydrogens (tertiary/aromatic N) is 1. The van der Waals surface area contributed by atoms with Gasteiger partial charge in [-0.3, -0.25) is 4.98 Å². The van der Waals surface area contributed by atoms with Gasteiger partial charge in [-0.15, -0.1) is 0 Å². The zero-order valence-electron chi connectivity index (χ0n) is 9.27. The first-order valence-electron chi connectivity index (χ1n) is 5.30. The van der Waals surface area contributed by atoms with Crippen molar-refractivity contribution in [1.82, 2.24) is 4.98 Å². The summed E-state index contributed by atoms with van der Waals surface area (Å²) in [4.78, 5) is 4.24. The van der Waals surface area contributed by atoms with E-state index in [1.807, 2.05) is 36.4 Å². The Bertz CT molecular complexity index is 485. The summed E-state index contributed by atoms with van der Waals surface area (Å²) in [6, 6.07) is 11.6. The standard InChI is InChI=1S/C13H13BrN2O/c14-11-4-5-12(16-8-11)9-17-13-3-1-2-10(6-13)7-15/h1-6,8H,7,9,15H2. The molecule has 0 saturated heterocycles. The van der Waals surface area contributed by atoms with Crippen molar-refractivity contribution in [3.8, 4) is 5.75 Å². The number of halogens is 1. The fraction of sp³-hybridized carbons (Fsp3) is 0.154. The predicted molar refractivity (Wildman–Crippen MR) is 70.6 cm³/mol. The molecule has 1 heterocycles.